The number of nitrogens with zero attached hydrogens (tertiary/aromatic N) is 2. The third-order valence-corrected chi connectivity index (χ3v) is 4.42. The van der Waals surface area contributed by atoms with Crippen molar-refractivity contribution in [3.63, 3.8) is 0 Å². The first kappa shape index (κ1) is 23.7. The summed E-state index contributed by atoms with van der Waals surface area (Å²) in [6, 6.07) is 7.49. The second-order valence-corrected chi connectivity index (χ2v) is 6.40. The molecule has 28 heavy (non-hydrogen) atoms. The Bertz CT molecular complexity index is 688. The molecule has 8 heteroatoms. The molecule has 0 aliphatic carbocycles. The van der Waals surface area contributed by atoms with E-state index in [0.29, 0.717) is 13.1 Å². The number of benzene rings is 1. The van der Waals surface area contributed by atoms with E-state index < -0.39 is 28.8 Å². The van der Waals surface area contributed by atoms with Gasteiger partial charge in [0.2, 0.25) is 0 Å². The molecule has 0 radical (unpaired) electrons. The van der Waals surface area contributed by atoms with Crippen LogP contribution < -0.4 is 4.74 Å². The Morgan fingerprint density at radius 1 is 1.21 bits per heavy atom. The lowest BCUT2D eigenvalue weighted by molar-refractivity contribution is -0.432. The second-order valence-electron chi connectivity index (χ2n) is 6.40. The first-order valence-electron chi connectivity index (χ1n) is 9.21. The van der Waals surface area contributed by atoms with Gasteiger partial charge in [-0.05, 0) is 51.6 Å². The molecule has 0 saturated carbocycles. The van der Waals surface area contributed by atoms with Crippen molar-refractivity contribution in [3.8, 4) is 5.75 Å². The van der Waals surface area contributed by atoms with Crippen molar-refractivity contribution in [1.29, 1.82) is 0 Å². The molecule has 0 aliphatic rings. The Morgan fingerprint density at radius 3 is 2.29 bits per heavy atom. The Labute approximate surface area is 163 Å². The number of alkyl halides is 3. The Kier molecular flexibility index (Phi) is 9.18. The van der Waals surface area contributed by atoms with E-state index in [1.165, 1.54) is 12.1 Å². The molecule has 2 unspecified atom stereocenters. The van der Waals surface area contributed by atoms with E-state index in [4.69, 9.17) is 4.74 Å². The van der Waals surface area contributed by atoms with E-state index in [0.717, 1.165) is 25.5 Å². The van der Waals surface area contributed by atoms with Crippen LogP contribution in [-0.4, -0.2) is 35.1 Å². The van der Waals surface area contributed by atoms with E-state index in [9.17, 15) is 23.3 Å². The number of para-hydroxylation sites is 1. The topological polar surface area (TPSA) is 55.6 Å². The van der Waals surface area contributed by atoms with Crippen molar-refractivity contribution in [2.45, 2.75) is 46.3 Å². The number of likely N-dealkylation sites (N-methyl/N-ethyl adjacent to an activating group) is 1. The average molecular weight is 400 g/mol. The minimum Gasteiger partial charge on any atom is -0.461 e. The number of hydrogen-bond acceptors (Lipinski definition) is 4. The van der Waals surface area contributed by atoms with Crippen molar-refractivity contribution in [2.24, 2.45) is 5.92 Å². The highest BCUT2D eigenvalue weighted by atomic mass is 19.4. The molecular formula is C20H27F3N2O3. The van der Waals surface area contributed by atoms with Crippen LogP contribution in [0.15, 0.2) is 53.9 Å². The molecule has 0 fully saturated rings. The molecule has 1 aromatic carbocycles. The number of halogens is 3. The molecule has 1 rings (SSSR count). The summed E-state index contributed by atoms with van der Waals surface area (Å²) in [5.41, 5.74) is -0.182. The largest absolute Gasteiger partial charge is 0.461 e. The average Bonchev–Trinajstić information content (AvgIpc) is 2.64. The van der Waals surface area contributed by atoms with Crippen LogP contribution in [0.4, 0.5) is 13.2 Å². The molecule has 1 aromatic rings. The summed E-state index contributed by atoms with van der Waals surface area (Å²) in [6.45, 7) is 7.73. The van der Waals surface area contributed by atoms with Gasteiger partial charge in [-0.2, -0.15) is 13.2 Å². The van der Waals surface area contributed by atoms with Crippen molar-refractivity contribution in [2.75, 3.05) is 13.1 Å². The summed E-state index contributed by atoms with van der Waals surface area (Å²) in [5, 5.41) is 11.5. The maximum Gasteiger partial charge on any atom is 0.398 e. The van der Waals surface area contributed by atoms with Gasteiger partial charge < -0.3 is 4.74 Å². The van der Waals surface area contributed by atoms with E-state index in [1.54, 1.807) is 25.1 Å². The number of allylic oxidation sites excluding steroid dienone is 3. The summed E-state index contributed by atoms with van der Waals surface area (Å²) in [7, 11) is 0. The van der Waals surface area contributed by atoms with E-state index in [2.05, 4.69) is 0 Å². The van der Waals surface area contributed by atoms with Crippen LogP contribution in [0, 0.1) is 16.0 Å². The lowest BCUT2D eigenvalue weighted by Gasteiger charge is -2.25. The smallest absolute Gasteiger partial charge is 0.398 e. The highest BCUT2D eigenvalue weighted by molar-refractivity contribution is 5.26. The van der Waals surface area contributed by atoms with Gasteiger partial charge >= 0.3 is 6.18 Å². The number of ether oxygens (including phenoxy) is 1. The summed E-state index contributed by atoms with van der Waals surface area (Å²) in [5.74, 6) is -2.08. The molecule has 0 saturated heterocycles. The molecule has 0 bridgehead atoms. The maximum absolute atomic E-state index is 13.2. The Hall–Kier alpha value is -2.35. The van der Waals surface area contributed by atoms with Gasteiger partial charge in [0.1, 0.15) is 17.4 Å². The highest BCUT2D eigenvalue weighted by Crippen LogP contribution is 2.33. The molecular weight excluding hydrogens is 373 g/mol. The Morgan fingerprint density at radius 2 is 1.82 bits per heavy atom. The quantitative estimate of drug-likeness (QED) is 0.227. The van der Waals surface area contributed by atoms with E-state index in [-0.39, 0.29) is 11.4 Å². The van der Waals surface area contributed by atoms with Crippen molar-refractivity contribution >= 4 is 0 Å². The molecule has 0 aliphatic heterocycles. The fourth-order valence-corrected chi connectivity index (χ4v) is 2.67. The summed E-state index contributed by atoms with van der Waals surface area (Å²) < 4.78 is 45.1. The van der Waals surface area contributed by atoms with Crippen LogP contribution in [-0.2, 0) is 0 Å². The minimum absolute atomic E-state index is 0.182. The first-order valence-corrected chi connectivity index (χ1v) is 9.21. The molecule has 2 atom stereocenters. The third kappa shape index (κ3) is 6.99. The van der Waals surface area contributed by atoms with Crippen LogP contribution in [0.3, 0.4) is 0 Å². The Balaban J connectivity index is 3.29. The zero-order chi connectivity index (χ0) is 21.3. The zero-order valence-corrected chi connectivity index (χ0v) is 16.6. The first-order chi connectivity index (χ1) is 13.1. The summed E-state index contributed by atoms with van der Waals surface area (Å²) in [4.78, 5) is 12.9. The van der Waals surface area contributed by atoms with Gasteiger partial charge in [-0.25, -0.2) is 0 Å². The normalized spacial score (nSPS) is 15.4. The molecule has 0 amide bonds. The minimum atomic E-state index is -4.54. The van der Waals surface area contributed by atoms with Gasteiger partial charge in [0, 0.05) is 6.08 Å². The molecule has 156 valence electrons. The van der Waals surface area contributed by atoms with Crippen molar-refractivity contribution in [1.82, 2.24) is 4.90 Å². The highest BCUT2D eigenvalue weighted by Gasteiger charge is 2.40. The van der Waals surface area contributed by atoms with Gasteiger partial charge in [0.05, 0.1) is 11.0 Å². The predicted molar refractivity (Wildman–Crippen MR) is 102 cm³/mol. The van der Waals surface area contributed by atoms with Gasteiger partial charge in [-0.3, -0.25) is 15.0 Å². The third-order valence-electron chi connectivity index (χ3n) is 4.42. The van der Waals surface area contributed by atoms with Crippen molar-refractivity contribution < 1.29 is 22.8 Å². The number of rotatable bonds is 10. The lowest BCUT2D eigenvalue weighted by atomic mass is 10.1. The molecule has 0 heterocycles. The zero-order valence-electron chi connectivity index (χ0n) is 16.6. The fraction of sp³-hybridized carbons (Fsp3) is 0.500. The van der Waals surface area contributed by atoms with Crippen molar-refractivity contribution in [3.05, 3.63) is 64.1 Å². The van der Waals surface area contributed by atoms with E-state index >= 15 is 0 Å². The number of nitro groups is 1. The van der Waals surface area contributed by atoms with Gasteiger partial charge in [-0.1, -0.05) is 32.0 Å². The molecule has 0 N–H and O–H groups in total. The lowest BCUT2D eigenvalue weighted by Crippen LogP contribution is -2.37. The molecule has 0 spiro atoms. The fourth-order valence-electron chi connectivity index (χ4n) is 2.67. The van der Waals surface area contributed by atoms with Crippen LogP contribution in [0.25, 0.3) is 0 Å². The maximum atomic E-state index is 13.2. The molecule has 0 aromatic heterocycles. The van der Waals surface area contributed by atoms with Gasteiger partial charge in [-0.15, -0.1) is 0 Å². The van der Waals surface area contributed by atoms with Crippen LogP contribution in [0.2, 0.25) is 0 Å². The SMILES string of the molecule is CCCN(CC)C(C)/C(=C\C=C(\Oc1ccccc1)C(C)C(F)(F)F)[N+](=O)[O-]. The summed E-state index contributed by atoms with van der Waals surface area (Å²) >= 11 is 0. The summed E-state index contributed by atoms with van der Waals surface area (Å²) in [6.07, 6.45) is -1.55. The predicted octanol–water partition coefficient (Wildman–Crippen LogP) is 5.43. The molecule has 5 nitrogen and oxygen atoms in total. The second kappa shape index (κ2) is 10.8. The van der Waals surface area contributed by atoms with Gasteiger partial charge in [0.15, 0.2) is 0 Å². The van der Waals surface area contributed by atoms with Crippen LogP contribution >= 0.6 is 0 Å². The number of hydrogen-bond donors (Lipinski definition) is 0. The van der Waals surface area contributed by atoms with E-state index in [1.807, 2.05) is 18.7 Å². The monoisotopic (exact) mass is 400 g/mol. The van der Waals surface area contributed by atoms with Crippen LogP contribution in [0.5, 0.6) is 5.75 Å². The van der Waals surface area contributed by atoms with Crippen LogP contribution in [0.1, 0.15) is 34.1 Å². The standard InChI is InChI=1S/C20H27F3N2O3/c1-5-14-24(6-2)16(4)18(25(26)27)12-13-19(15(3)20(21,22)23)28-17-10-8-7-9-11-17/h7-13,15-16H,5-6,14H2,1-4H3/b18-12+,19-13+. The van der Waals surface area contributed by atoms with Gasteiger partial charge in [0.25, 0.3) is 5.70 Å².